The van der Waals surface area contributed by atoms with Gasteiger partial charge in [0, 0.05) is 59.8 Å². The van der Waals surface area contributed by atoms with Gasteiger partial charge in [-0.1, -0.05) is 81.4 Å². The van der Waals surface area contributed by atoms with E-state index in [2.05, 4.69) is 112 Å². The summed E-state index contributed by atoms with van der Waals surface area (Å²) < 4.78 is 6.42. The Labute approximate surface area is 290 Å². The molecule has 0 bridgehead atoms. The van der Waals surface area contributed by atoms with Crippen molar-refractivity contribution in [2.75, 3.05) is 11.9 Å². The third kappa shape index (κ3) is 6.78. The number of pyridine rings is 1. The van der Waals surface area contributed by atoms with E-state index in [0.717, 1.165) is 28.1 Å². The molecule has 0 saturated heterocycles. The van der Waals surface area contributed by atoms with Gasteiger partial charge in [-0.3, -0.25) is 4.98 Å². The van der Waals surface area contributed by atoms with Gasteiger partial charge in [-0.15, -0.1) is 41.6 Å². The second-order valence-corrected chi connectivity index (χ2v) is 11.6. The monoisotopic (exact) mass is 927 g/mol. The van der Waals surface area contributed by atoms with Crippen molar-refractivity contribution in [1.29, 1.82) is 0 Å². The smallest absolute Gasteiger partial charge is 0.0651 e. The van der Waals surface area contributed by atoms with Gasteiger partial charge in [0.2, 0.25) is 0 Å². The first-order valence-electron chi connectivity index (χ1n) is 14.2. The quantitative estimate of drug-likeness (QED) is 0.121. The molecule has 1 aliphatic rings. The molecule has 0 aliphatic carbocycles. The minimum atomic E-state index is -0.728. The summed E-state index contributed by atoms with van der Waals surface area (Å²) in [7, 11) is 2.00. The molecular formula is C38H34N3OPtW-3. The molecule has 0 fully saturated rings. The number of anilines is 1. The zero-order valence-electron chi connectivity index (χ0n) is 25.2. The fourth-order valence-corrected chi connectivity index (χ4v) is 5.47. The molecule has 1 aliphatic heterocycles. The fraction of sp³-hybridized carbons (Fsp3) is 0.158. The van der Waals surface area contributed by atoms with E-state index in [1.54, 1.807) is 0 Å². The SMILES string of the molecule is CN1C=CN(c2[c-]c(Oc3[c-]c(C(c4ccccc4)(c4ccccc4)c4cc(C(C)(C)C)ccn4)ccc3)ccc2)[CH-]1.[Pt].[W]. The Kier molecular flexibility index (Phi) is 10.7. The van der Waals surface area contributed by atoms with E-state index in [-0.39, 0.29) is 47.5 Å². The van der Waals surface area contributed by atoms with Crippen LogP contribution in [0.5, 0.6) is 11.5 Å². The van der Waals surface area contributed by atoms with Crippen LogP contribution in [0, 0.1) is 18.8 Å². The summed E-state index contributed by atoms with van der Waals surface area (Å²) in [5, 5.41) is 0. The normalized spacial score (nSPS) is 12.8. The molecule has 0 saturated carbocycles. The molecule has 1 aromatic heterocycles. The molecule has 0 atom stereocenters. The predicted octanol–water partition coefficient (Wildman–Crippen LogP) is 8.49. The molecule has 44 heavy (non-hydrogen) atoms. The molecule has 6 heteroatoms. The zero-order chi connectivity index (χ0) is 29.2. The van der Waals surface area contributed by atoms with Gasteiger partial charge in [0.1, 0.15) is 0 Å². The van der Waals surface area contributed by atoms with Crippen molar-refractivity contribution in [2.24, 2.45) is 0 Å². The topological polar surface area (TPSA) is 28.6 Å². The number of hydrogen-bond donors (Lipinski definition) is 0. The van der Waals surface area contributed by atoms with E-state index in [1.165, 1.54) is 5.56 Å². The van der Waals surface area contributed by atoms with Crippen LogP contribution in [0.4, 0.5) is 5.69 Å². The summed E-state index contributed by atoms with van der Waals surface area (Å²) >= 11 is 0. The molecule has 6 rings (SSSR count). The maximum atomic E-state index is 6.42. The van der Waals surface area contributed by atoms with Crippen LogP contribution in [0.2, 0.25) is 0 Å². The van der Waals surface area contributed by atoms with Crippen LogP contribution in [-0.4, -0.2) is 16.9 Å². The van der Waals surface area contributed by atoms with Crippen molar-refractivity contribution in [3.8, 4) is 11.5 Å². The molecule has 4 aromatic carbocycles. The second kappa shape index (κ2) is 14.1. The third-order valence-corrected chi connectivity index (χ3v) is 7.62. The molecule has 0 N–H and O–H groups in total. The Balaban J connectivity index is 0.00000221. The van der Waals surface area contributed by atoms with E-state index < -0.39 is 5.41 Å². The molecular weight excluding hydrogens is 893 g/mol. The van der Waals surface area contributed by atoms with Crippen LogP contribution < -0.4 is 9.64 Å². The number of benzene rings is 4. The molecule has 0 spiro atoms. The van der Waals surface area contributed by atoms with Crippen LogP contribution in [0.1, 0.15) is 48.7 Å². The van der Waals surface area contributed by atoms with Crippen LogP contribution in [0.3, 0.4) is 0 Å². The van der Waals surface area contributed by atoms with Gasteiger partial charge in [0.05, 0.1) is 11.1 Å². The Morgan fingerprint density at radius 1 is 0.705 bits per heavy atom. The second-order valence-electron chi connectivity index (χ2n) is 11.6. The van der Waals surface area contributed by atoms with Crippen molar-refractivity contribution in [3.05, 3.63) is 175 Å². The Morgan fingerprint density at radius 2 is 1.32 bits per heavy atom. The summed E-state index contributed by atoms with van der Waals surface area (Å²) in [6.45, 7) is 8.70. The molecule has 0 radical (unpaired) electrons. The van der Waals surface area contributed by atoms with E-state index in [9.17, 15) is 0 Å². The number of rotatable bonds is 7. The first-order valence-corrected chi connectivity index (χ1v) is 14.2. The van der Waals surface area contributed by atoms with Gasteiger partial charge in [-0.25, -0.2) is 0 Å². The molecule has 2 heterocycles. The average molecular weight is 928 g/mol. The average Bonchev–Trinajstić information content (AvgIpc) is 3.45. The largest absolute Gasteiger partial charge is 0.510 e. The van der Waals surface area contributed by atoms with Gasteiger partial charge in [-0.2, -0.15) is 24.9 Å². The van der Waals surface area contributed by atoms with Crippen molar-refractivity contribution < 1.29 is 46.9 Å². The van der Waals surface area contributed by atoms with Gasteiger partial charge in [0.25, 0.3) is 0 Å². The minimum Gasteiger partial charge on any atom is -0.510 e. The zero-order valence-corrected chi connectivity index (χ0v) is 30.4. The summed E-state index contributed by atoms with van der Waals surface area (Å²) in [5.41, 5.74) is 5.46. The van der Waals surface area contributed by atoms with Crippen LogP contribution in [0.15, 0.2) is 128 Å². The summed E-state index contributed by atoms with van der Waals surface area (Å²) in [5.74, 6) is 1.23. The number of hydrogen-bond acceptors (Lipinski definition) is 4. The fourth-order valence-electron chi connectivity index (χ4n) is 5.47. The van der Waals surface area contributed by atoms with Crippen molar-refractivity contribution >= 4 is 5.69 Å². The summed E-state index contributed by atoms with van der Waals surface area (Å²) in [6.07, 6.45) is 5.92. The first-order chi connectivity index (χ1) is 20.3. The first kappa shape index (κ1) is 33.4. The number of nitrogens with zero attached hydrogens (tertiary/aromatic N) is 3. The van der Waals surface area contributed by atoms with Crippen LogP contribution in [0.25, 0.3) is 0 Å². The van der Waals surface area contributed by atoms with Gasteiger partial charge in [-0.05, 0) is 53.7 Å². The van der Waals surface area contributed by atoms with E-state index in [0.29, 0.717) is 11.5 Å². The van der Waals surface area contributed by atoms with E-state index in [4.69, 9.17) is 9.72 Å². The van der Waals surface area contributed by atoms with Crippen LogP contribution >= 0.6 is 0 Å². The predicted molar refractivity (Wildman–Crippen MR) is 169 cm³/mol. The third-order valence-electron chi connectivity index (χ3n) is 7.62. The summed E-state index contributed by atoms with van der Waals surface area (Å²) in [6, 6.07) is 44.6. The molecule has 4 nitrogen and oxygen atoms in total. The van der Waals surface area contributed by atoms with Crippen molar-refractivity contribution in [2.45, 2.75) is 31.6 Å². The number of ether oxygens (including phenoxy) is 1. The maximum Gasteiger partial charge on any atom is 0.0651 e. The van der Waals surface area contributed by atoms with E-state index in [1.807, 2.05) is 72.4 Å². The van der Waals surface area contributed by atoms with Crippen molar-refractivity contribution in [1.82, 2.24) is 9.88 Å². The number of aromatic nitrogens is 1. The molecule has 5 aromatic rings. The van der Waals surface area contributed by atoms with Crippen molar-refractivity contribution in [3.63, 3.8) is 0 Å². The van der Waals surface area contributed by atoms with Gasteiger partial charge >= 0.3 is 0 Å². The van der Waals surface area contributed by atoms with Crippen LogP contribution in [-0.2, 0) is 53.0 Å². The standard InChI is InChI=1S/C38H34N3O.Pt.W/c1-37(2,3)31-21-22-39-36(26-31)38(29-13-7-5-8-14-29,30-15-9-6-10-16-30)32-17-11-19-34(25-32)42-35-20-12-18-33(27-35)41-24-23-40(4)28-41;;/h5-24,26,28H,1-4H3;;/q-3;;. The summed E-state index contributed by atoms with van der Waals surface area (Å²) in [4.78, 5) is 9.05. The van der Waals surface area contributed by atoms with Gasteiger partial charge < -0.3 is 14.5 Å². The Bertz CT molecular complexity index is 1660. The minimum absolute atomic E-state index is 0. The molecule has 0 amide bonds. The molecule has 226 valence electrons. The van der Waals surface area contributed by atoms with E-state index >= 15 is 0 Å². The maximum absolute atomic E-state index is 6.42. The Morgan fingerprint density at radius 3 is 1.91 bits per heavy atom. The van der Waals surface area contributed by atoms with Gasteiger partial charge in [0.15, 0.2) is 0 Å². The Hall–Kier alpha value is -3.45. The molecule has 0 unspecified atom stereocenters.